The lowest BCUT2D eigenvalue weighted by atomic mass is 10.2. The molecule has 0 unspecified atom stereocenters. The summed E-state index contributed by atoms with van der Waals surface area (Å²) in [6.07, 6.45) is -7.22. The third-order valence-electron chi connectivity index (χ3n) is 5.10. The molecule has 0 spiro atoms. The highest BCUT2D eigenvalue weighted by molar-refractivity contribution is 7.09. The van der Waals surface area contributed by atoms with Gasteiger partial charge < -0.3 is 9.47 Å². The van der Waals surface area contributed by atoms with Gasteiger partial charge in [0.05, 0.1) is 5.69 Å². The summed E-state index contributed by atoms with van der Waals surface area (Å²) in [5.41, 5.74) is 2.14. The molecule has 11 heteroatoms. The molecule has 0 saturated heterocycles. The fourth-order valence-electron chi connectivity index (χ4n) is 3.60. The van der Waals surface area contributed by atoms with Crippen molar-refractivity contribution in [3.05, 3.63) is 63.9 Å². The zero-order chi connectivity index (χ0) is 22.7. The monoisotopic (exact) mass is 465 g/mol. The lowest BCUT2D eigenvalue weighted by molar-refractivity contribution is -0.391. The first-order chi connectivity index (χ1) is 15.1. The third-order valence-corrected chi connectivity index (χ3v) is 6.00. The van der Waals surface area contributed by atoms with E-state index in [0.29, 0.717) is 17.0 Å². The Hall–Kier alpha value is -3.34. The van der Waals surface area contributed by atoms with E-state index in [2.05, 4.69) is 14.5 Å². The minimum Gasteiger partial charge on any atom is -0.421 e. The Bertz CT molecular complexity index is 1300. The Morgan fingerprint density at radius 3 is 2.56 bits per heavy atom. The molecule has 0 radical (unpaired) electrons. The Morgan fingerprint density at radius 2 is 1.78 bits per heavy atom. The minimum atomic E-state index is -4.82. The van der Waals surface area contributed by atoms with Crippen LogP contribution in [0.5, 0.6) is 11.5 Å². The van der Waals surface area contributed by atoms with Crippen LogP contribution in [0.25, 0.3) is 5.69 Å². The molecule has 2 amide bonds. The summed E-state index contributed by atoms with van der Waals surface area (Å²) in [6, 6.07) is 10.7. The quantitative estimate of drug-likeness (QED) is 0.481. The van der Waals surface area contributed by atoms with E-state index in [9.17, 15) is 22.4 Å². The average Bonchev–Trinajstić information content (AvgIpc) is 3.31. The molecule has 6 nitrogen and oxygen atoms in total. The molecule has 5 rings (SSSR count). The number of carbonyl (C=O) groups excluding carboxylic acids is 1. The van der Waals surface area contributed by atoms with E-state index in [1.807, 2.05) is 24.3 Å². The number of amides is 2. The van der Waals surface area contributed by atoms with E-state index in [4.69, 9.17) is 0 Å². The molecule has 0 bridgehead atoms. The highest BCUT2D eigenvalue weighted by Crippen LogP contribution is 2.47. The van der Waals surface area contributed by atoms with E-state index < -0.39 is 29.7 Å². The van der Waals surface area contributed by atoms with Crippen molar-refractivity contribution < 1.29 is 31.8 Å². The highest BCUT2D eigenvalue weighted by atomic mass is 32.1. The number of hydrogen-bond acceptors (Lipinski definition) is 4. The maximum Gasteiger partial charge on any atom is 0.507 e. The van der Waals surface area contributed by atoms with Crippen molar-refractivity contribution in [2.24, 2.45) is 4.99 Å². The smallest absolute Gasteiger partial charge is 0.421 e. The fourth-order valence-corrected chi connectivity index (χ4v) is 4.43. The lowest BCUT2D eigenvalue weighted by Gasteiger charge is -2.31. The Morgan fingerprint density at radius 1 is 1.06 bits per heavy atom. The Kier molecular flexibility index (Phi) is 4.55. The summed E-state index contributed by atoms with van der Waals surface area (Å²) in [5, 5.41) is 0. The number of benzene rings is 2. The minimum absolute atomic E-state index is 0.297. The molecule has 0 saturated carbocycles. The molecule has 2 aromatic carbocycles. The number of carbonyl (C=O) groups is 1. The molecule has 2 aliphatic rings. The second-order valence-electron chi connectivity index (χ2n) is 7.29. The topological polar surface area (TPSA) is 56.1 Å². The van der Waals surface area contributed by atoms with E-state index >= 15 is 0 Å². The molecule has 0 aliphatic carbocycles. The van der Waals surface area contributed by atoms with Crippen LogP contribution in [0.15, 0.2) is 53.7 Å². The van der Waals surface area contributed by atoms with Crippen LogP contribution in [0.4, 0.5) is 28.0 Å². The molecule has 166 valence electrons. The fraction of sp³-hybridized carbons (Fsp3) is 0.238. The van der Waals surface area contributed by atoms with Crippen molar-refractivity contribution in [3.63, 3.8) is 0 Å². The van der Waals surface area contributed by atoms with Gasteiger partial charge in [-0.05, 0) is 37.1 Å². The third kappa shape index (κ3) is 3.32. The molecule has 0 fully saturated rings. The van der Waals surface area contributed by atoms with E-state index in [-0.39, 0.29) is 0 Å². The van der Waals surface area contributed by atoms with Gasteiger partial charge in [0.15, 0.2) is 16.3 Å². The predicted molar refractivity (Wildman–Crippen MR) is 108 cm³/mol. The van der Waals surface area contributed by atoms with Crippen LogP contribution in [0, 0.1) is 6.92 Å². The van der Waals surface area contributed by atoms with E-state index in [0.717, 1.165) is 34.7 Å². The summed E-state index contributed by atoms with van der Waals surface area (Å²) in [4.78, 5) is 19.8. The van der Waals surface area contributed by atoms with Crippen LogP contribution in [0.2, 0.25) is 0 Å². The van der Waals surface area contributed by atoms with Crippen LogP contribution >= 0.6 is 11.3 Å². The van der Waals surface area contributed by atoms with Gasteiger partial charge in [-0.25, -0.2) is 4.79 Å². The maximum atomic E-state index is 13.6. The molecule has 1 aromatic heterocycles. The predicted octanol–water partition coefficient (Wildman–Crippen LogP) is 4.89. The standard InChI is InChI=1S/C21H15F4N3O3S/c1-12-11-28(14-6-7-16-17(10-14)31-21(24,25)20(22,23)30-16)19(32-12)26-18(29)27-9-8-13-4-2-3-5-15(13)27/h2-7,10-11H,8-9H2,1H3/b26-19-. The van der Waals surface area contributed by atoms with Crippen LogP contribution in [-0.2, 0) is 6.42 Å². The number of rotatable bonds is 1. The number of fused-ring (bicyclic) bond motifs is 2. The number of urea groups is 1. The van der Waals surface area contributed by atoms with Crippen LogP contribution in [-0.4, -0.2) is 29.4 Å². The summed E-state index contributed by atoms with van der Waals surface area (Å²) in [6.45, 7) is 2.29. The first-order valence-electron chi connectivity index (χ1n) is 9.56. The molecule has 32 heavy (non-hydrogen) atoms. The number of aromatic nitrogens is 1. The van der Waals surface area contributed by atoms with Gasteiger partial charge >= 0.3 is 18.2 Å². The van der Waals surface area contributed by atoms with Crippen LogP contribution in [0.1, 0.15) is 10.4 Å². The number of hydrogen-bond donors (Lipinski definition) is 0. The first kappa shape index (κ1) is 20.6. The van der Waals surface area contributed by atoms with Crippen LogP contribution < -0.4 is 19.2 Å². The number of thiazole rings is 1. The van der Waals surface area contributed by atoms with Gasteiger partial charge in [-0.3, -0.25) is 9.47 Å². The van der Waals surface area contributed by atoms with Gasteiger partial charge in [0.1, 0.15) is 0 Å². The molecular weight excluding hydrogens is 450 g/mol. The zero-order valence-electron chi connectivity index (χ0n) is 16.5. The first-order valence-corrected chi connectivity index (χ1v) is 10.4. The SMILES string of the molecule is Cc1cn(-c2ccc3c(c2)OC(F)(F)C(F)(F)O3)/c(=N/C(=O)N2CCc3ccccc32)s1. The molecule has 0 atom stereocenters. The number of aryl methyl sites for hydroxylation is 1. The lowest BCUT2D eigenvalue weighted by Crippen LogP contribution is -2.52. The highest BCUT2D eigenvalue weighted by Gasteiger charge is 2.65. The summed E-state index contributed by atoms with van der Waals surface area (Å²) >= 11 is 1.22. The molecule has 2 aliphatic heterocycles. The van der Waals surface area contributed by atoms with Crippen molar-refractivity contribution in [2.75, 3.05) is 11.4 Å². The molecule has 3 aromatic rings. The number of nitrogens with zero attached hydrogens (tertiary/aromatic N) is 3. The van der Waals surface area contributed by atoms with Gasteiger partial charge in [0, 0.05) is 29.4 Å². The molecule has 3 heterocycles. The van der Waals surface area contributed by atoms with Gasteiger partial charge in [-0.2, -0.15) is 22.6 Å². The Labute approximate surface area is 182 Å². The summed E-state index contributed by atoms with van der Waals surface area (Å²) in [5.74, 6) is -1.05. The van der Waals surface area contributed by atoms with Gasteiger partial charge in [0.2, 0.25) is 0 Å². The van der Waals surface area contributed by atoms with Crippen molar-refractivity contribution in [3.8, 4) is 17.2 Å². The van der Waals surface area contributed by atoms with E-state index in [1.165, 1.54) is 22.0 Å². The molecule has 0 N–H and O–H groups in total. The zero-order valence-corrected chi connectivity index (χ0v) is 17.3. The van der Waals surface area contributed by atoms with Crippen molar-refractivity contribution >= 4 is 23.1 Å². The molecular formula is C21H15F4N3O3S. The van der Waals surface area contributed by atoms with Crippen molar-refractivity contribution in [2.45, 2.75) is 25.6 Å². The summed E-state index contributed by atoms with van der Waals surface area (Å²) < 4.78 is 63.8. The second kappa shape index (κ2) is 7.09. The summed E-state index contributed by atoms with van der Waals surface area (Å²) in [7, 11) is 0. The number of para-hydroxylation sites is 1. The normalized spacial score (nSPS) is 18.5. The number of ether oxygens (including phenoxy) is 2. The number of anilines is 1. The number of halogens is 4. The van der Waals surface area contributed by atoms with Crippen LogP contribution in [0.3, 0.4) is 0 Å². The van der Waals surface area contributed by atoms with Crippen molar-refractivity contribution in [1.29, 1.82) is 0 Å². The van der Waals surface area contributed by atoms with Gasteiger partial charge in [-0.15, -0.1) is 11.3 Å². The van der Waals surface area contributed by atoms with Crippen molar-refractivity contribution in [1.82, 2.24) is 4.57 Å². The second-order valence-corrected chi connectivity index (χ2v) is 8.50. The Balaban J connectivity index is 1.52. The van der Waals surface area contributed by atoms with E-state index in [1.54, 1.807) is 18.0 Å². The maximum absolute atomic E-state index is 13.6. The average molecular weight is 465 g/mol. The number of alkyl halides is 4. The van der Waals surface area contributed by atoms with Gasteiger partial charge in [-0.1, -0.05) is 18.2 Å². The largest absolute Gasteiger partial charge is 0.507 e. The van der Waals surface area contributed by atoms with Gasteiger partial charge in [0.25, 0.3) is 0 Å².